The summed E-state index contributed by atoms with van der Waals surface area (Å²) in [6, 6.07) is 2.26. The zero-order valence-corrected chi connectivity index (χ0v) is 13.6. The number of pyridine rings is 1. The van der Waals surface area contributed by atoms with E-state index in [1.165, 1.54) is 10.5 Å². The first kappa shape index (κ1) is 17.3. The number of aryl methyl sites for hydroxylation is 1. The van der Waals surface area contributed by atoms with Gasteiger partial charge in [-0.15, -0.1) is 0 Å². The lowest BCUT2D eigenvalue weighted by atomic mass is 10.1. The molecule has 1 N–H and O–H groups in total. The average molecular weight is 327 g/mol. The van der Waals surface area contributed by atoms with Gasteiger partial charge in [-0.2, -0.15) is 13.2 Å². The van der Waals surface area contributed by atoms with Gasteiger partial charge in [-0.1, -0.05) is 13.3 Å². The van der Waals surface area contributed by atoms with Crippen molar-refractivity contribution in [2.24, 2.45) is 0 Å². The van der Waals surface area contributed by atoms with Crippen molar-refractivity contribution >= 4 is 11.6 Å². The lowest BCUT2D eigenvalue weighted by Crippen LogP contribution is -2.41. The smallest absolute Gasteiger partial charge is 0.346 e. The number of hydrogen-bond donors (Lipinski definition) is 1. The molecule has 0 aliphatic carbocycles. The summed E-state index contributed by atoms with van der Waals surface area (Å²) in [4.78, 5) is 16.9. The van der Waals surface area contributed by atoms with Crippen LogP contribution in [0.2, 0.25) is 0 Å². The molecule has 0 fully saturated rings. The van der Waals surface area contributed by atoms with Crippen LogP contribution in [0.3, 0.4) is 0 Å². The van der Waals surface area contributed by atoms with Gasteiger partial charge in [-0.05, 0) is 39.3 Å². The molecule has 0 aromatic carbocycles. The second kappa shape index (κ2) is 5.86. The summed E-state index contributed by atoms with van der Waals surface area (Å²) in [5.74, 6) is -0.423. The molecule has 0 bridgehead atoms. The van der Waals surface area contributed by atoms with Gasteiger partial charge in [-0.3, -0.25) is 9.20 Å². The number of imidazole rings is 1. The molecule has 126 valence electrons. The predicted octanol–water partition coefficient (Wildman–Crippen LogP) is 3.83. The van der Waals surface area contributed by atoms with E-state index in [1.807, 2.05) is 27.7 Å². The third kappa shape index (κ3) is 3.83. The monoisotopic (exact) mass is 327 g/mol. The Morgan fingerprint density at radius 2 is 1.91 bits per heavy atom. The standard InChI is InChI=1S/C16H20F3N3O/c1-5-6-11-13(14(23)21-15(2,3)4)22-9-10(16(17,18)19)7-8-12(22)20-11/h7-9H,5-6H2,1-4H3,(H,21,23). The van der Waals surface area contributed by atoms with Crippen LogP contribution in [0.4, 0.5) is 13.2 Å². The highest BCUT2D eigenvalue weighted by molar-refractivity contribution is 5.95. The Labute approximate surface area is 132 Å². The van der Waals surface area contributed by atoms with E-state index in [1.54, 1.807) is 0 Å². The number of hydrogen-bond acceptors (Lipinski definition) is 2. The van der Waals surface area contributed by atoms with Crippen LogP contribution in [0, 0.1) is 0 Å². The number of fused-ring (bicyclic) bond motifs is 1. The molecule has 0 saturated heterocycles. The molecule has 2 aromatic heterocycles. The molecule has 0 aliphatic rings. The van der Waals surface area contributed by atoms with E-state index >= 15 is 0 Å². The zero-order chi connectivity index (χ0) is 17.4. The number of rotatable bonds is 3. The summed E-state index contributed by atoms with van der Waals surface area (Å²) in [6.07, 6.45) is -2.28. The van der Waals surface area contributed by atoms with Crippen LogP contribution in [0.25, 0.3) is 5.65 Å². The minimum absolute atomic E-state index is 0.169. The van der Waals surface area contributed by atoms with E-state index < -0.39 is 23.2 Å². The fourth-order valence-corrected chi connectivity index (χ4v) is 2.31. The van der Waals surface area contributed by atoms with Gasteiger partial charge in [-0.25, -0.2) is 4.98 Å². The summed E-state index contributed by atoms with van der Waals surface area (Å²) < 4.78 is 40.1. The Kier molecular flexibility index (Phi) is 4.41. The normalized spacial score (nSPS) is 12.7. The van der Waals surface area contributed by atoms with Crippen molar-refractivity contribution in [3.63, 3.8) is 0 Å². The first-order valence-corrected chi connectivity index (χ1v) is 7.43. The SMILES string of the molecule is CCCc1nc2ccc(C(F)(F)F)cn2c1C(=O)NC(C)(C)C. The molecule has 0 saturated carbocycles. The van der Waals surface area contributed by atoms with Gasteiger partial charge in [0.1, 0.15) is 11.3 Å². The molecule has 2 rings (SSSR count). The van der Waals surface area contributed by atoms with E-state index in [2.05, 4.69) is 10.3 Å². The number of halogens is 3. The van der Waals surface area contributed by atoms with Crippen molar-refractivity contribution in [3.8, 4) is 0 Å². The third-order valence-corrected chi connectivity index (χ3v) is 3.21. The van der Waals surface area contributed by atoms with Gasteiger partial charge < -0.3 is 5.32 Å². The van der Waals surface area contributed by atoms with Crippen molar-refractivity contribution in [1.29, 1.82) is 0 Å². The molecule has 0 radical (unpaired) electrons. The predicted molar refractivity (Wildman–Crippen MR) is 81.4 cm³/mol. The van der Waals surface area contributed by atoms with E-state index in [0.29, 0.717) is 17.8 Å². The number of aromatic nitrogens is 2. The first-order chi connectivity index (χ1) is 10.5. The molecular weight excluding hydrogens is 307 g/mol. The van der Waals surface area contributed by atoms with E-state index in [0.717, 1.165) is 18.7 Å². The second-order valence-corrected chi connectivity index (χ2v) is 6.50. The van der Waals surface area contributed by atoms with Gasteiger partial charge in [0.2, 0.25) is 0 Å². The average Bonchev–Trinajstić information content (AvgIpc) is 2.72. The Bertz CT molecular complexity index is 726. The molecule has 7 heteroatoms. The molecule has 4 nitrogen and oxygen atoms in total. The lowest BCUT2D eigenvalue weighted by Gasteiger charge is -2.20. The highest BCUT2D eigenvalue weighted by Crippen LogP contribution is 2.30. The minimum atomic E-state index is -4.47. The number of carbonyl (C=O) groups is 1. The molecule has 0 unspecified atom stereocenters. The van der Waals surface area contributed by atoms with Crippen LogP contribution >= 0.6 is 0 Å². The number of nitrogens with zero attached hydrogens (tertiary/aromatic N) is 2. The van der Waals surface area contributed by atoms with Gasteiger partial charge in [0, 0.05) is 11.7 Å². The summed E-state index contributed by atoms with van der Waals surface area (Å²) >= 11 is 0. The van der Waals surface area contributed by atoms with Crippen molar-refractivity contribution in [2.75, 3.05) is 0 Å². The maximum atomic E-state index is 12.9. The molecule has 0 atom stereocenters. The third-order valence-electron chi connectivity index (χ3n) is 3.21. The van der Waals surface area contributed by atoms with Gasteiger partial charge in [0.25, 0.3) is 5.91 Å². The van der Waals surface area contributed by atoms with Crippen molar-refractivity contribution < 1.29 is 18.0 Å². The number of carbonyl (C=O) groups excluding carboxylic acids is 1. The number of alkyl halides is 3. The van der Waals surface area contributed by atoms with E-state index in [4.69, 9.17) is 0 Å². The Hall–Kier alpha value is -2.05. The summed E-state index contributed by atoms with van der Waals surface area (Å²) in [7, 11) is 0. The molecular formula is C16H20F3N3O. The van der Waals surface area contributed by atoms with Gasteiger partial charge in [0.05, 0.1) is 11.3 Å². The Morgan fingerprint density at radius 1 is 1.26 bits per heavy atom. The summed E-state index contributed by atoms with van der Waals surface area (Å²) in [5.41, 5.74) is -0.293. The van der Waals surface area contributed by atoms with Crippen LogP contribution in [0.15, 0.2) is 18.3 Å². The van der Waals surface area contributed by atoms with Gasteiger partial charge in [0.15, 0.2) is 0 Å². The fourth-order valence-electron chi connectivity index (χ4n) is 2.31. The van der Waals surface area contributed by atoms with Gasteiger partial charge >= 0.3 is 6.18 Å². The van der Waals surface area contributed by atoms with Crippen LogP contribution < -0.4 is 5.32 Å². The molecule has 0 spiro atoms. The number of amides is 1. The maximum Gasteiger partial charge on any atom is 0.417 e. The van der Waals surface area contributed by atoms with Crippen molar-refractivity contribution in [2.45, 2.75) is 52.3 Å². The fraction of sp³-hybridized carbons (Fsp3) is 0.500. The Balaban J connectivity index is 2.62. The molecule has 0 aliphatic heterocycles. The Morgan fingerprint density at radius 3 is 2.43 bits per heavy atom. The quantitative estimate of drug-likeness (QED) is 0.931. The largest absolute Gasteiger partial charge is 0.417 e. The van der Waals surface area contributed by atoms with Crippen LogP contribution in [-0.4, -0.2) is 20.8 Å². The van der Waals surface area contributed by atoms with Crippen LogP contribution in [0.1, 0.15) is 55.9 Å². The summed E-state index contributed by atoms with van der Waals surface area (Å²) in [5, 5.41) is 2.79. The van der Waals surface area contributed by atoms with E-state index in [-0.39, 0.29) is 5.69 Å². The minimum Gasteiger partial charge on any atom is -0.346 e. The summed E-state index contributed by atoms with van der Waals surface area (Å²) in [6.45, 7) is 7.37. The lowest BCUT2D eigenvalue weighted by molar-refractivity contribution is -0.137. The highest BCUT2D eigenvalue weighted by Gasteiger charge is 2.32. The second-order valence-electron chi connectivity index (χ2n) is 6.50. The molecule has 1 amide bonds. The number of nitrogens with one attached hydrogen (secondary N) is 1. The molecule has 2 aromatic rings. The molecule has 2 heterocycles. The van der Waals surface area contributed by atoms with Crippen LogP contribution in [0.5, 0.6) is 0 Å². The first-order valence-electron chi connectivity index (χ1n) is 7.43. The maximum absolute atomic E-state index is 12.9. The van der Waals surface area contributed by atoms with Crippen LogP contribution in [-0.2, 0) is 12.6 Å². The highest BCUT2D eigenvalue weighted by atomic mass is 19.4. The van der Waals surface area contributed by atoms with E-state index in [9.17, 15) is 18.0 Å². The molecule has 23 heavy (non-hydrogen) atoms. The van der Waals surface area contributed by atoms with Crippen molar-refractivity contribution in [1.82, 2.24) is 14.7 Å². The van der Waals surface area contributed by atoms with Crippen molar-refractivity contribution in [3.05, 3.63) is 35.3 Å². The zero-order valence-electron chi connectivity index (χ0n) is 13.6. The topological polar surface area (TPSA) is 46.4 Å².